The summed E-state index contributed by atoms with van der Waals surface area (Å²) in [4.78, 5) is 2.33. The fourth-order valence-electron chi connectivity index (χ4n) is 2.91. The van der Waals surface area contributed by atoms with Crippen LogP contribution in [-0.2, 0) is 0 Å². The van der Waals surface area contributed by atoms with Crippen LogP contribution in [0.2, 0.25) is 0 Å². The molecule has 2 aliphatic rings. The summed E-state index contributed by atoms with van der Waals surface area (Å²) in [7, 11) is 2.14. The van der Waals surface area contributed by atoms with Gasteiger partial charge in [0.15, 0.2) is 0 Å². The number of likely N-dealkylation sites (tertiary alicyclic amines) is 1. The van der Waals surface area contributed by atoms with Gasteiger partial charge in [0.25, 0.3) is 0 Å². The predicted molar refractivity (Wildman–Crippen MR) is 48.9 cm³/mol. The van der Waals surface area contributed by atoms with Crippen molar-refractivity contribution in [2.24, 2.45) is 17.8 Å². The van der Waals surface area contributed by atoms with Crippen LogP contribution in [0.15, 0.2) is 0 Å². The first kappa shape index (κ1) is 8.52. The van der Waals surface area contributed by atoms with E-state index in [1.807, 2.05) is 0 Å². The lowest BCUT2D eigenvalue weighted by molar-refractivity contribution is 0.145. The van der Waals surface area contributed by atoms with Crippen molar-refractivity contribution in [1.29, 1.82) is 0 Å². The third kappa shape index (κ3) is 1.27. The summed E-state index contributed by atoms with van der Waals surface area (Å²) in [6.07, 6.45) is 2.80. The lowest BCUT2D eigenvalue weighted by atomic mass is 9.88. The summed E-state index contributed by atoms with van der Waals surface area (Å²) in [5, 5.41) is 9.26. The number of likely N-dealkylation sites (N-methyl/N-ethyl adjacent to an activating group) is 1. The zero-order chi connectivity index (χ0) is 8.72. The Balaban J connectivity index is 2.06. The van der Waals surface area contributed by atoms with E-state index < -0.39 is 0 Å². The Morgan fingerprint density at radius 2 is 2.08 bits per heavy atom. The predicted octanol–water partition coefficient (Wildman–Crippen LogP) is 0.955. The third-order valence-electron chi connectivity index (χ3n) is 3.60. The van der Waals surface area contributed by atoms with Crippen LogP contribution in [0, 0.1) is 17.8 Å². The van der Waals surface area contributed by atoms with E-state index in [1.165, 1.54) is 19.4 Å². The molecule has 0 spiro atoms. The number of aliphatic hydroxyl groups excluding tert-OH is 1. The molecule has 12 heavy (non-hydrogen) atoms. The summed E-state index contributed by atoms with van der Waals surface area (Å²) in [5.41, 5.74) is 0. The van der Waals surface area contributed by atoms with Crippen LogP contribution in [0.4, 0.5) is 0 Å². The van der Waals surface area contributed by atoms with Crippen LogP contribution in [0.3, 0.4) is 0 Å². The molecule has 1 unspecified atom stereocenters. The molecular formula is C10H19NO. The largest absolute Gasteiger partial charge is 0.395 e. The quantitative estimate of drug-likeness (QED) is 0.665. The van der Waals surface area contributed by atoms with E-state index in [4.69, 9.17) is 0 Å². The summed E-state index contributed by atoms with van der Waals surface area (Å²) in [6, 6.07) is 0.451. The summed E-state index contributed by atoms with van der Waals surface area (Å²) in [6.45, 7) is 3.85. The normalized spacial score (nSPS) is 43.8. The van der Waals surface area contributed by atoms with Gasteiger partial charge in [-0.1, -0.05) is 6.92 Å². The molecule has 1 N–H and O–H groups in total. The smallest absolute Gasteiger partial charge is 0.0589 e. The van der Waals surface area contributed by atoms with Crippen molar-refractivity contribution in [2.45, 2.75) is 25.8 Å². The van der Waals surface area contributed by atoms with Crippen molar-refractivity contribution in [3.63, 3.8) is 0 Å². The van der Waals surface area contributed by atoms with Crippen LogP contribution in [0.5, 0.6) is 0 Å². The lowest BCUT2D eigenvalue weighted by Crippen LogP contribution is -2.33. The zero-order valence-corrected chi connectivity index (χ0v) is 8.03. The van der Waals surface area contributed by atoms with E-state index in [1.54, 1.807) is 0 Å². The van der Waals surface area contributed by atoms with Gasteiger partial charge in [0.05, 0.1) is 6.61 Å². The van der Waals surface area contributed by atoms with Crippen LogP contribution >= 0.6 is 0 Å². The molecule has 0 radical (unpaired) electrons. The maximum absolute atomic E-state index is 9.26. The van der Waals surface area contributed by atoms with Gasteiger partial charge in [-0.05, 0) is 37.6 Å². The lowest BCUT2D eigenvalue weighted by Gasteiger charge is -2.23. The van der Waals surface area contributed by atoms with Crippen molar-refractivity contribution in [3.8, 4) is 0 Å². The molecular weight excluding hydrogens is 150 g/mol. The highest BCUT2D eigenvalue weighted by Crippen LogP contribution is 2.46. The first-order valence-electron chi connectivity index (χ1n) is 5.05. The molecule has 0 aromatic carbocycles. The van der Waals surface area contributed by atoms with Crippen molar-refractivity contribution in [3.05, 3.63) is 0 Å². The van der Waals surface area contributed by atoms with Gasteiger partial charge in [-0.25, -0.2) is 0 Å². The first-order valence-corrected chi connectivity index (χ1v) is 5.05. The first-order chi connectivity index (χ1) is 5.74. The maximum Gasteiger partial charge on any atom is 0.0589 e. The van der Waals surface area contributed by atoms with Crippen molar-refractivity contribution < 1.29 is 5.11 Å². The molecule has 2 nitrogen and oxygen atoms in total. The fraction of sp³-hybridized carbons (Fsp3) is 1.00. The van der Waals surface area contributed by atoms with Crippen LogP contribution in [-0.4, -0.2) is 36.2 Å². The fourth-order valence-corrected chi connectivity index (χ4v) is 2.91. The molecule has 0 bridgehead atoms. The summed E-state index contributed by atoms with van der Waals surface area (Å²) < 4.78 is 0. The monoisotopic (exact) mass is 169 g/mol. The molecule has 2 heteroatoms. The van der Waals surface area contributed by atoms with E-state index in [-0.39, 0.29) is 0 Å². The Hall–Kier alpha value is -0.0800. The van der Waals surface area contributed by atoms with E-state index in [2.05, 4.69) is 18.9 Å². The van der Waals surface area contributed by atoms with E-state index in [0.29, 0.717) is 12.6 Å². The number of nitrogens with zero attached hydrogens (tertiary/aromatic N) is 1. The minimum absolute atomic E-state index is 0.349. The number of aliphatic hydroxyl groups is 1. The minimum Gasteiger partial charge on any atom is -0.395 e. The summed E-state index contributed by atoms with van der Waals surface area (Å²) in [5.74, 6) is 2.50. The van der Waals surface area contributed by atoms with Crippen LogP contribution < -0.4 is 0 Å². The van der Waals surface area contributed by atoms with Crippen LogP contribution in [0.25, 0.3) is 0 Å². The topological polar surface area (TPSA) is 23.5 Å². The Morgan fingerprint density at radius 3 is 2.58 bits per heavy atom. The average Bonchev–Trinajstić information content (AvgIpc) is 2.78. The molecule has 1 heterocycles. The number of rotatable bonds is 2. The second-order valence-electron chi connectivity index (χ2n) is 4.58. The van der Waals surface area contributed by atoms with Gasteiger partial charge in [-0.3, -0.25) is 0 Å². The average molecular weight is 169 g/mol. The molecule has 1 saturated heterocycles. The number of hydrogen-bond acceptors (Lipinski definition) is 2. The molecule has 0 aromatic rings. The van der Waals surface area contributed by atoms with Gasteiger partial charge < -0.3 is 10.0 Å². The van der Waals surface area contributed by atoms with Gasteiger partial charge in [0, 0.05) is 12.6 Å². The van der Waals surface area contributed by atoms with E-state index in [9.17, 15) is 5.11 Å². The molecule has 0 amide bonds. The zero-order valence-electron chi connectivity index (χ0n) is 8.03. The summed E-state index contributed by atoms with van der Waals surface area (Å²) >= 11 is 0. The molecule has 1 aliphatic carbocycles. The van der Waals surface area contributed by atoms with Crippen molar-refractivity contribution in [2.75, 3.05) is 20.2 Å². The molecule has 1 saturated carbocycles. The van der Waals surface area contributed by atoms with Gasteiger partial charge in [-0.2, -0.15) is 0 Å². The number of hydrogen-bond donors (Lipinski definition) is 1. The highest BCUT2D eigenvalue weighted by Gasteiger charge is 2.45. The van der Waals surface area contributed by atoms with E-state index in [0.717, 1.165) is 17.8 Å². The van der Waals surface area contributed by atoms with Gasteiger partial charge in [0.2, 0.25) is 0 Å². The Labute approximate surface area is 74.6 Å². The minimum atomic E-state index is 0.349. The second kappa shape index (κ2) is 3.00. The highest BCUT2D eigenvalue weighted by molar-refractivity contribution is 4.97. The maximum atomic E-state index is 9.26. The highest BCUT2D eigenvalue weighted by atomic mass is 16.3. The molecule has 2 rings (SSSR count). The molecule has 2 fully saturated rings. The molecule has 1 aliphatic heterocycles. The van der Waals surface area contributed by atoms with Gasteiger partial charge in [-0.15, -0.1) is 0 Å². The van der Waals surface area contributed by atoms with Gasteiger partial charge in [0.1, 0.15) is 0 Å². The third-order valence-corrected chi connectivity index (χ3v) is 3.60. The second-order valence-corrected chi connectivity index (χ2v) is 4.58. The van der Waals surface area contributed by atoms with Crippen molar-refractivity contribution >= 4 is 0 Å². The Kier molecular flexibility index (Phi) is 2.13. The standard InChI is InChI=1S/C10H19NO/c1-7-5-11(2)9(6-12)10(7)8-3-4-8/h7-10,12H,3-6H2,1-2H3/t7-,9-,10?/m0/s1. The SMILES string of the molecule is C[C@H]1CN(C)[C@@H](CO)C1C1CC1. The van der Waals surface area contributed by atoms with E-state index >= 15 is 0 Å². The van der Waals surface area contributed by atoms with Gasteiger partial charge >= 0.3 is 0 Å². The molecule has 0 aromatic heterocycles. The molecule has 70 valence electrons. The molecule has 3 atom stereocenters. The Morgan fingerprint density at radius 1 is 1.42 bits per heavy atom. The van der Waals surface area contributed by atoms with Crippen LogP contribution in [0.1, 0.15) is 19.8 Å². The van der Waals surface area contributed by atoms with Crippen molar-refractivity contribution in [1.82, 2.24) is 4.90 Å². The Bertz CT molecular complexity index is 167.